The van der Waals surface area contributed by atoms with E-state index in [9.17, 15) is 0 Å². The first kappa shape index (κ1) is 16.0. The minimum absolute atomic E-state index is 0.232. The third-order valence-corrected chi connectivity index (χ3v) is 3.28. The molecule has 1 aromatic rings. The molecule has 0 heterocycles. The van der Waals surface area contributed by atoms with Crippen molar-refractivity contribution in [1.82, 2.24) is 5.32 Å². The Morgan fingerprint density at radius 2 is 1.68 bits per heavy atom. The predicted octanol–water partition coefficient (Wildman–Crippen LogP) is 4.70. The van der Waals surface area contributed by atoms with Gasteiger partial charge in [0.2, 0.25) is 0 Å². The van der Waals surface area contributed by atoms with E-state index in [1.165, 1.54) is 24.8 Å². The number of benzene rings is 1. The van der Waals surface area contributed by atoms with Crippen LogP contribution in [0, 0.1) is 0 Å². The second-order valence-corrected chi connectivity index (χ2v) is 5.67. The van der Waals surface area contributed by atoms with E-state index in [1.54, 1.807) is 0 Å². The summed E-state index contributed by atoms with van der Waals surface area (Å²) < 4.78 is 5.66. The van der Waals surface area contributed by atoms with Gasteiger partial charge in [0.25, 0.3) is 0 Å². The molecule has 2 heteroatoms. The Hall–Kier alpha value is -1.02. The van der Waals surface area contributed by atoms with E-state index < -0.39 is 0 Å². The Bertz CT molecular complexity index is 345. The SMILES string of the molecule is CCCCC(C)NC(C)c1ccc(OC(C)C)cc1. The van der Waals surface area contributed by atoms with Crippen molar-refractivity contribution in [1.29, 1.82) is 0 Å². The van der Waals surface area contributed by atoms with Crippen LogP contribution in [-0.2, 0) is 0 Å². The third-order valence-electron chi connectivity index (χ3n) is 3.28. The summed E-state index contributed by atoms with van der Waals surface area (Å²) in [4.78, 5) is 0. The Morgan fingerprint density at radius 3 is 2.21 bits per heavy atom. The first-order chi connectivity index (χ1) is 9.02. The fourth-order valence-corrected chi connectivity index (χ4v) is 2.22. The molecule has 2 unspecified atom stereocenters. The quantitative estimate of drug-likeness (QED) is 0.734. The maximum absolute atomic E-state index is 5.66. The van der Waals surface area contributed by atoms with Gasteiger partial charge < -0.3 is 10.1 Å². The highest BCUT2D eigenvalue weighted by molar-refractivity contribution is 5.29. The van der Waals surface area contributed by atoms with Crippen LogP contribution in [0.5, 0.6) is 5.75 Å². The molecule has 2 atom stereocenters. The summed E-state index contributed by atoms with van der Waals surface area (Å²) in [7, 11) is 0. The highest BCUT2D eigenvalue weighted by atomic mass is 16.5. The number of ether oxygens (including phenoxy) is 1. The molecule has 1 rings (SSSR count). The Balaban J connectivity index is 2.50. The van der Waals surface area contributed by atoms with Crippen molar-refractivity contribution < 1.29 is 4.74 Å². The molecule has 0 radical (unpaired) electrons. The van der Waals surface area contributed by atoms with E-state index in [2.05, 4.69) is 50.4 Å². The third kappa shape index (κ3) is 6.11. The first-order valence-electron chi connectivity index (χ1n) is 7.55. The van der Waals surface area contributed by atoms with Gasteiger partial charge in [-0.15, -0.1) is 0 Å². The van der Waals surface area contributed by atoms with Gasteiger partial charge in [-0.1, -0.05) is 31.9 Å². The van der Waals surface area contributed by atoms with Crippen LogP contribution in [0.15, 0.2) is 24.3 Å². The molecule has 0 aliphatic carbocycles. The van der Waals surface area contributed by atoms with Crippen molar-refractivity contribution in [2.45, 2.75) is 72.1 Å². The lowest BCUT2D eigenvalue weighted by Gasteiger charge is -2.20. The molecule has 0 saturated heterocycles. The van der Waals surface area contributed by atoms with Crippen molar-refractivity contribution in [3.63, 3.8) is 0 Å². The molecule has 0 fully saturated rings. The molecule has 0 bridgehead atoms. The molecule has 0 aromatic heterocycles. The van der Waals surface area contributed by atoms with Gasteiger partial charge in [0.05, 0.1) is 6.10 Å². The zero-order chi connectivity index (χ0) is 14.3. The first-order valence-corrected chi connectivity index (χ1v) is 7.55. The number of hydrogen-bond donors (Lipinski definition) is 1. The van der Waals surface area contributed by atoms with E-state index in [1.807, 2.05) is 13.8 Å². The Kier molecular flexibility index (Phi) is 6.93. The van der Waals surface area contributed by atoms with Gasteiger partial charge >= 0.3 is 0 Å². The molecule has 2 nitrogen and oxygen atoms in total. The summed E-state index contributed by atoms with van der Waals surface area (Å²) in [6, 6.07) is 9.39. The summed E-state index contributed by atoms with van der Waals surface area (Å²) in [5.74, 6) is 0.949. The summed E-state index contributed by atoms with van der Waals surface area (Å²) in [6.45, 7) is 10.8. The molecule has 0 saturated carbocycles. The van der Waals surface area contributed by atoms with E-state index in [0.29, 0.717) is 12.1 Å². The van der Waals surface area contributed by atoms with E-state index in [4.69, 9.17) is 4.74 Å². The zero-order valence-corrected chi connectivity index (χ0v) is 13.1. The van der Waals surface area contributed by atoms with Crippen molar-refractivity contribution in [2.24, 2.45) is 0 Å². The van der Waals surface area contributed by atoms with Gasteiger partial charge in [0, 0.05) is 12.1 Å². The molecule has 0 aliphatic rings. The lowest BCUT2D eigenvalue weighted by atomic mass is 10.1. The van der Waals surface area contributed by atoms with Gasteiger partial charge in [-0.25, -0.2) is 0 Å². The van der Waals surface area contributed by atoms with Crippen molar-refractivity contribution in [2.75, 3.05) is 0 Å². The summed E-state index contributed by atoms with van der Waals surface area (Å²) >= 11 is 0. The highest BCUT2D eigenvalue weighted by Crippen LogP contribution is 2.19. The lowest BCUT2D eigenvalue weighted by Crippen LogP contribution is -2.28. The van der Waals surface area contributed by atoms with Crippen LogP contribution in [0.25, 0.3) is 0 Å². The van der Waals surface area contributed by atoms with Crippen molar-refractivity contribution in [3.05, 3.63) is 29.8 Å². The molecule has 0 aliphatic heterocycles. The van der Waals surface area contributed by atoms with Crippen LogP contribution >= 0.6 is 0 Å². The summed E-state index contributed by atoms with van der Waals surface area (Å²) in [6.07, 6.45) is 4.04. The standard InChI is InChI=1S/C17H29NO/c1-6-7-8-14(4)18-15(5)16-9-11-17(12-10-16)19-13(2)3/h9-15,18H,6-8H2,1-5H3. The summed E-state index contributed by atoms with van der Waals surface area (Å²) in [5, 5.41) is 3.65. The maximum Gasteiger partial charge on any atom is 0.119 e. The van der Waals surface area contributed by atoms with Crippen LogP contribution in [-0.4, -0.2) is 12.1 Å². The molecule has 108 valence electrons. The molecule has 0 amide bonds. The minimum atomic E-state index is 0.232. The van der Waals surface area contributed by atoms with Gasteiger partial charge in [-0.2, -0.15) is 0 Å². The molecule has 1 N–H and O–H groups in total. The lowest BCUT2D eigenvalue weighted by molar-refractivity contribution is 0.242. The normalized spacial score (nSPS) is 14.4. The zero-order valence-electron chi connectivity index (χ0n) is 13.1. The largest absolute Gasteiger partial charge is 0.491 e. The van der Waals surface area contributed by atoms with Gasteiger partial charge in [0.15, 0.2) is 0 Å². The van der Waals surface area contributed by atoms with E-state index >= 15 is 0 Å². The van der Waals surface area contributed by atoms with Crippen LogP contribution in [0.2, 0.25) is 0 Å². The van der Waals surface area contributed by atoms with E-state index in [-0.39, 0.29) is 6.10 Å². The minimum Gasteiger partial charge on any atom is -0.491 e. The maximum atomic E-state index is 5.66. The van der Waals surface area contributed by atoms with Gasteiger partial charge in [0.1, 0.15) is 5.75 Å². The van der Waals surface area contributed by atoms with E-state index in [0.717, 1.165) is 5.75 Å². The van der Waals surface area contributed by atoms with Crippen LogP contribution in [0.1, 0.15) is 65.5 Å². The fourth-order valence-electron chi connectivity index (χ4n) is 2.22. The second-order valence-electron chi connectivity index (χ2n) is 5.67. The van der Waals surface area contributed by atoms with Crippen LogP contribution in [0.3, 0.4) is 0 Å². The Labute approximate surface area is 118 Å². The molecular formula is C17H29NO. The molecule has 1 aromatic carbocycles. The van der Waals surface area contributed by atoms with Crippen LogP contribution < -0.4 is 10.1 Å². The van der Waals surface area contributed by atoms with Crippen molar-refractivity contribution in [3.8, 4) is 5.75 Å². The molecule has 0 spiro atoms. The monoisotopic (exact) mass is 263 g/mol. The summed E-state index contributed by atoms with van der Waals surface area (Å²) in [5.41, 5.74) is 1.32. The average molecular weight is 263 g/mol. The number of nitrogens with one attached hydrogen (secondary N) is 1. The number of rotatable bonds is 8. The highest BCUT2D eigenvalue weighted by Gasteiger charge is 2.09. The van der Waals surface area contributed by atoms with Gasteiger partial charge in [-0.05, 0) is 51.8 Å². The predicted molar refractivity (Wildman–Crippen MR) is 82.7 cm³/mol. The van der Waals surface area contributed by atoms with Crippen LogP contribution in [0.4, 0.5) is 0 Å². The number of unbranched alkanes of at least 4 members (excludes halogenated alkanes) is 1. The number of hydrogen-bond acceptors (Lipinski definition) is 2. The van der Waals surface area contributed by atoms with Crippen molar-refractivity contribution >= 4 is 0 Å². The smallest absolute Gasteiger partial charge is 0.119 e. The molecule has 19 heavy (non-hydrogen) atoms. The molecular weight excluding hydrogens is 234 g/mol. The average Bonchev–Trinajstić information content (AvgIpc) is 2.36. The second kappa shape index (κ2) is 8.21. The Morgan fingerprint density at radius 1 is 1.05 bits per heavy atom. The van der Waals surface area contributed by atoms with Gasteiger partial charge in [-0.3, -0.25) is 0 Å². The fraction of sp³-hybridized carbons (Fsp3) is 0.647. The topological polar surface area (TPSA) is 21.3 Å².